The highest BCUT2D eigenvalue weighted by molar-refractivity contribution is 5.86. The first-order valence-electron chi connectivity index (χ1n) is 8.32. The molecule has 1 aromatic heterocycles. The third kappa shape index (κ3) is 3.07. The second-order valence-electron chi connectivity index (χ2n) is 6.17. The van der Waals surface area contributed by atoms with Crippen molar-refractivity contribution in [3.63, 3.8) is 0 Å². The van der Waals surface area contributed by atoms with Crippen LogP contribution in [0.4, 0.5) is 5.69 Å². The minimum Gasteiger partial charge on any atom is -0.378 e. The van der Waals surface area contributed by atoms with Gasteiger partial charge in [-0.2, -0.15) is 0 Å². The van der Waals surface area contributed by atoms with Crippen LogP contribution >= 0.6 is 0 Å². The van der Waals surface area contributed by atoms with Crippen molar-refractivity contribution in [3.05, 3.63) is 59.7 Å². The topological polar surface area (TPSA) is 16.1 Å². The number of pyridine rings is 1. The second-order valence-corrected chi connectivity index (χ2v) is 6.17. The largest absolute Gasteiger partial charge is 0.378 e. The molecule has 2 nitrogen and oxygen atoms in total. The van der Waals surface area contributed by atoms with Gasteiger partial charge in [0, 0.05) is 30.7 Å². The molecule has 2 aromatic carbocycles. The van der Waals surface area contributed by atoms with Gasteiger partial charge in [-0.05, 0) is 54.3 Å². The van der Waals surface area contributed by atoms with E-state index in [1.165, 1.54) is 27.8 Å². The van der Waals surface area contributed by atoms with Gasteiger partial charge in [0.05, 0.1) is 11.2 Å². The normalized spacial score (nSPS) is 11.0. The van der Waals surface area contributed by atoms with E-state index in [0.717, 1.165) is 24.1 Å². The highest BCUT2D eigenvalue weighted by atomic mass is 15.1. The molecule has 0 amide bonds. The van der Waals surface area contributed by atoms with E-state index in [4.69, 9.17) is 4.98 Å². The minimum absolute atomic E-state index is 1.02. The maximum atomic E-state index is 4.89. The summed E-state index contributed by atoms with van der Waals surface area (Å²) >= 11 is 0. The Labute approximate surface area is 138 Å². The molecule has 0 bridgehead atoms. The predicted molar refractivity (Wildman–Crippen MR) is 100 cm³/mol. The van der Waals surface area contributed by atoms with Crippen LogP contribution in [0.2, 0.25) is 0 Å². The quantitative estimate of drug-likeness (QED) is 0.667. The lowest BCUT2D eigenvalue weighted by Crippen LogP contribution is -2.07. The maximum absolute atomic E-state index is 4.89. The van der Waals surface area contributed by atoms with Gasteiger partial charge in [0.15, 0.2) is 0 Å². The Morgan fingerprint density at radius 3 is 2.22 bits per heavy atom. The van der Waals surface area contributed by atoms with Crippen molar-refractivity contribution in [3.8, 4) is 11.3 Å². The van der Waals surface area contributed by atoms with E-state index in [9.17, 15) is 0 Å². The first-order chi connectivity index (χ1) is 11.1. The Morgan fingerprint density at radius 2 is 1.61 bits per heavy atom. The number of aromatic nitrogens is 1. The fourth-order valence-corrected chi connectivity index (χ4v) is 2.93. The first kappa shape index (κ1) is 15.5. The van der Waals surface area contributed by atoms with Gasteiger partial charge < -0.3 is 4.90 Å². The lowest BCUT2D eigenvalue weighted by molar-refractivity contribution is 1.12. The number of hydrogen-bond acceptors (Lipinski definition) is 2. The fourth-order valence-electron chi connectivity index (χ4n) is 2.93. The number of anilines is 1. The van der Waals surface area contributed by atoms with Gasteiger partial charge in [-0.15, -0.1) is 0 Å². The molecule has 0 atom stereocenters. The molecule has 0 N–H and O–H groups in total. The van der Waals surface area contributed by atoms with Crippen LogP contribution in [0.1, 0.15) is 25.0 Å². The third-order valence-corrected chi connectivity index (χ3v) is 4.43. The number of rotatable bonds is 4. The SMILES string of the molecule is CCc1ccc2nc(-c3ccc(N(C)C)cc3)cc(CC)c2c1. The Morgan fingerprint density at radius 1 is 0.870 bits per heavy atom. The summed E-state index contributed by atoms with van der Waals surface area (Å²) in [5.41, 5.74) is 7.27. The van der Waals surface area contributed by atoms with Crippen molar-refractivity contribution < 1.29 is 0 Å². The molecule has 0 fully saturated rings. The van der Waals surface area contributed by atoms with E-state index in [0.29, 0.717) is 0 Å². The number of fused-ring (bicyclic) bond motifs is 1. The van der Waals surface area contributed by atoms with Gasteiger partial charge in [-0.1, -0.05) is 32.0 Å². The minimum atomic E-state index is 1.02. The van der Waals surface area contributed by atoms with Crippen LogP contribution in [0.15, 0.2) is 48.5 Å². The molecule has 0 spiro atoms. The smallest absolute Gasteiger partial charge is 0.0712 e. The molecule has 0 saturated heterocycles. The Kier molecular flexibility index (Phi) is 4.33. The van der Waals surface area contributed by atoms with Crippen LogP contribution in [-0.4, -0.2) is 19.1 Å². The molecule has 0 aliphatic carbocycles. The van der Waals surface area contributed by atoms with E-state index in [1.807, 2.05) is 0 Å². The summed E-state index contributed by atoms with van der Waals surface area (Å²) in [7, 11) is 4.12. The number of nitrogens with zero attached hydrogens (tertiary/aromatic N) is 2. The van der Waals surface area contributed by atoms with Crippen LogP contribution in [0, 0.1) is 0 Å². The number of aryl methyl sites for hydroxylation is 2. The Hall–Kier alpha value is -2.35. The van der Waals surface area contributed by atoms with Gasteiger partial charge in [0.25, 0.3) is 0 Å². The van der Waals surface area contributed by atoms with Gasteiger partial charge >= 0.3 is 0 Å². The molecule has 3 rings (SSSR count). The Balaban J connectivity index is 2.11. The van der Waals surface area contributed by atoms with E-state index in [-0.39, 0.29) is 0 Å². The summed E-state index contributed by atoms with van der Waals surface area (Å²) in [4.78, 5) is 7.00. The van der Waals surface area contributed by atoms with Crippen LogP contribution in [0.3, 0.4) is 0 Å². The summed E-state index contributed by atoms with van der Waals surface area (Å²) in [5, 5.41) is 1.29. The summed E-state index contributed by atoms with van der Waals surface area (Å²) in [6.45, 7) is 4.41. The monoisotopic (exact) mass is 304 g/mol. The Bertz CT molecular complexity index is 817. The maximum Gasteiger partial charge on any atom is 0.0712 e. The molecular formula is C21H24N2. The molecular weight excluding hydrogens is 280 g/mol. The number of benzene rings is 2. The van der Waals surface area contributed by atoms with E-state index >= 15 is 0 Å². The molecule has 1 heterocycles. The van der Waals surface area contributed by atoms with Crippen molar-refractivity contribution in [2.45, 2.75) is 26.7 Å². The van der Waals surface area contributed by atoms with E-state index < -0.39 is 0 Å². The highest BCUT2D eigenvalue weighted by Crippen LogP contribution is 2.27. The lowest BCUT2D eigenvalue weighted by atomic mass is 10.00. The molecule has 3 aromatic rings. The number of hydrogen-bond donors (Lipinski definition) is 0. The second kappa shape index (κ2) is 6.41. The molecule has 0 aliphatic rings. The molecule has 23 heavy (non-hydrogen) atoms. The van der Waals surface area contributed by atoms with Crippen LogP contribution in [-0.2, 0) is 12.8 Å². The van der Waals surface area contributed by atoms with Gasteiger partial charge in [0.2, 0.25) is 0 Å². The van der Waals surface area contributed by atoms with Crippen molar-refractivity contribution in [1.82, 2.24) is 4.98 Å². The van der Waals surface area contributed by atoms with E-state index in [1.54, 1.807) is 0 Å². The summed E-state index contributed by atoms with van der Waals surface area (Å²) in [6, 6.07) is 17.5. The first-order valence-corrected chi connectivity index (χ1v) is 8.32. The predicted octanol–water partition coefficient (Wildman–Crippen LogP) is 5.09. The van der Waals surface area contributed by atoms with Crippen molar-refractivity contribution in [2.24, 2.45) is 0 Å². The van der Waals surface area contributed by atoms with Crippen LogP contribution in [0.25, 0.3) is 22.2 Å². The molecule has 0 unspecified atom stereocenters. The third-order valence-electron chi connectivity index (χ3n) is 4.43. The lowest BCUT2D eigenvalue weighted by Gasteiger charge is -2.13. The van der Waals surface area contributed by atoms with Crippen molar-refractivity contribution in [1.29, 1.82) is 0 Å². The van der Waals surface area contributed by atoms with Gasteiger partial charge in [0.1, 0.15) is 0 Å². The van der Waals surface area contributed by atoms with E-state index in [2.05, 4.69) is 81.4 Å². The zero-order valence-electron chi connectivity index (χ0n) is 14.4. The van der Waals surface area contributed by atoms with Crippen LogP contribution < -0.4 is 4.90 Å². The summed E-state index contributed by atoms with van der Waals surface area (Å²) in [6.07, 6.45) is 2.09. The molecule has 118 valence electrons. The molecule has 0 saturated carbocycles. The van der Waals surface area contributed by atoms with Crippen LogP contribution in [0.5, 0.6) is 0 Å². The van der Waals surface area contributed by atoms with Gasteiger partial charge in [-0.3, -0.25) is 0 Å². The summed E-state index contributed by atoms with van der Waals surface area (Å²) in [5.74, 6) is 0. The molecule has 0 aliphatic heterocycles. The standard InChI is InChI=1S/C21H24N2/c1-5-15-7-12-20-19(13-15)16(6-2)14-21(22-20)17-8-10-18(11-9-17)23(3)4/h7-14H,5-6H2,1-4H3. The molecule has 2 heteroatoms. The highest BCUT2D eigenvalue weighted by Gasteiger charge is 2.08. The zero-order valence-corrected chi connectivity index (χ0v) is 14.4. The molecule has 0 radical (unpaired) electrons. The van der Waals surface area contributed by atoms with Gasteiger partial charge in [-0.25, -0.2) is 4.98 Å². The fraction of sp³-hybridized carbons (Fsp3) is 0.286. The van der Waals surface area contributed by atoms with Crippen molar-refractivity contribution >= 4 is 16.6 Å². The van der Waals surface area contributed by atoms with Crippen molar-refractivity contribution in [2.75, 3.05) is 19.0 Å². The average Bonchev–Trinajstić information content (AvgIpc) is 2.60. The summed E-state index contributed by atoms with van der Waals surface area (Å²) < 4.78 is 0. The average molecular weight is 304 g/mol. The zero-order chi connectivity index (χ0) is 16.4.